The zero-order valence-electron chi connectivity index (χ0n) is 19.7. The molecule has 4 rings (SSSR count). The molecule has 2 N–H and O–H groups in total. The number of hydrogen-bond acceptors (Lipinski definition) is 8. The first kappa shape index (κ1) is 35.3. The van der Waals surface area contributed by atoms with E-state index in [0.29, 0.717) is 31.4 Å². The number of alkyl halides is 6. The predicted octanol–water partition coefficient (Wildman–Crippen LogP) is 4.50. The molecule has 19 heteroatoms. The Labute approximate surface area is 235 Å². The van der Waals surface area contributed by atoms with E-state index in [4.69, 9.17) is 35.4 Å². The Morgan fingerprint density at radius 3 is 1.20 bits per heavy atom. The first-order chi connectivity index (χ1) is 17.9. The second-order valence-electron chi connectivity index (χ2n) is 7.54. The van der Waals surface area contributed by atoms with Crippen LogP contribution in [0, 0.1) is 0 Å². The molecule has 0 bridgehead atoms. The molecule has 0 amide bonds. The summed E-state index contributed by atoms with van der Waals surface area (Å²) in [5.41, 5.74) is -8.71. The van der Waals surface area contributed by atoms with Crippen molar-refractivity contribution in [1.82, 2.24) is 0 Å². The van der Waals surface area contributed by atoms with E-state index in [1.807, 2.05) is 36.4 Å². The third kappa shape index (κ3) is 11.1. The molecule has 1 radical (unpaired) electrons. The van der Waals surface area contributed by atoms with Crippen molar-refractivity contribution in [2.45, 2.75) is 29.5 Å². The fourth-order valence-electron chi connectivity index (χ4n) is 2.86. The molecule has 0 aliphatic carbocycles. The van der Waals surface area contributed by atoms with Crippen molar-refractivity contribution >= 4 is 32.0 Å². The molecule has 0 saturated heterocycles. The minimum Gasteiger partial charge on any atom is -0.478 e. The molecule has 2 aliphatic heterocycles. The van der Waals surface area contributed by atoms with Crippen molar-refractivity contribution in [3.05, 3.63) is 71.8 Å². The van der Waals surface area contributed by atoms with Crippen molar-refractivity contribution in [3.8, 4) is 0 Å². The molecule has 2 heterocycles. The summed E-state index contributed by atoms with van der Waals surface area (Å²) in [6, 6.07) is 20.6. The summed E-state index contributed by atoms with van der Waals surface area (Å²) in [6.07, 6.45) is 0.534. The van der Waals surface area contributed by atoms with Crippen LogP contribution in [0.5, 0.6) is 0 Å². The molecule has 40 heavy (non-hydrogen) atoms. The number of aliphatic imine (C=N–C) groups is 2. The van der Waals surface area contributed by atoms with E-state index in [-0.39, 0.29) is 29.2 Å². The third-order valence-electron chi connectivity index (χ3n) is 4.67. The molecule has 0 unspecified atom stereocenters. The molecular weight excluding hydrogens is 650 g/mol. The van der Waals surface area contributed by atoms with Crippen LogP contribution in [0.3, 0.4) is 0 Å². The van der Waals surface area contributed by atoms with Gasteiger partial charge in [-0.05, 0) is 11.1 Å². The summed E-state index contributed by atoms with van der Waals surface area (Å²) in [7, 11) is -11.7. The van der Waals surface area contributed by atoms with E-state index in [1.54, 1.807) is 0 Å². The van der Waals surface area contributed by atoms with Crippen LogP contribution in [0.25, 0.3) is 0 Å². The minimum absolute atomic E-state index is 0. The molecule has 2 aromatic rings. The SMILES string of the molecule is O=S(=O)(O)C(F)(F)F.O=S(=O)(O)C(F)(F)F.[Cu].c1ccc([C@H]2COC(CC3=N[C@@H](c4ccccc4)CO3)=N2)cc1. The summed E-state index contributed by atoms with van der Waals surface area (Å²) in [5.74, 6) is 1.43. The first-order valence-corrected chi connectivity index (χ1v) is 13.3. The largest absolute Gasteiger partial charge is 0.522 e. The van der Waals surface area contributed by atoms with Crippen LogP contribution in [0.1, 0.15) is 29.6 Å². The van der Waals surface area contributed by atoms with Crippen molar-refractivity contribution < 1.29 is 78.8 Å². The Kier molecular flexibility index (Phi) is 12.6. The standard InChI is InChI=1S/C19H18N2O2.2CHF3O3S.Cu/c1-3-7-14(8-4-1)16-12-22-18(20-16)11-19-21-17(13-23-19)15-9-5-2-6-10-15;2*2-1(3,4)8(5,6)7;/h1-10,16-17H,11-13H2;2*(H,5,6,7);/t16-,17-;;;/m1.../s1. The summed E-state index contributed by atoms with van der Waals surface area (Å²) in [6.45, 7) is 1.18. The predicted molar refractivity (Wildman–Crippen MR) is 125 cm³/mol. The Morgan fingerprint density at radius 2 is 0.950 bits per heavy atom. The van der Waals surface area contributed by atoms with E-state index in [1.165, 1.54) is 11.1 Å². The number of benzene rings is 2. The van der Waals surface area contributed by atoms with Gasteiger partial charge in [-0.25, -0.2) is 9.98 Å². The van der Waals surface area contributed by atoms with Gasteiger partial charge in [0.1, 0.15) is 25.3 Å². The van der Waals surface area contributed by atoms with Crippen LogP contribution >= 0.6 is 0 Å². The van der Waals surface area contributed by atoms with E-state index in [0.717, 1.165) is 0 Å². The quantitative estimate of drug-likeness (QED) is 0.209. The maximum absolute atomic E-state index is 10.7. The first-order valence-electron chi connectivity index (χ1n) is 10.4. The number of rotatable bonds is 4. The Hall–Kier alpha value is -2.70. The van der Waals surface area contributed by atoms with Gasteiger partial charge in [0.2, 0.25) is 0 Å². The minimum atomic E-state index is -5.84. The van der Waals surface area contributed by atoms with Gasteiger partial charge in [0.25, 0.3) is 0 Å². The maximum atomic E-state index is 10.7. The Morgan fingerprint density at radius 1 is 0.675 bits per heavy atom. The zero-order valence-corrected chi connectivity index (χ0v) is 22.2. The molecule has 0 aromatic heterocycles. The zero-order chi connectivity index (χ0) is 29.5. The van der Waals surface area contributed by atoms with Crippen LogP contribution in [0.15, 0.2) is 70.6 Å². The Bertz CT molecular complexity index is 1270. The molecule has 2 atom stereocenters. The van der Waals surface area contributed by atoms with Crippen LogP contribution in [-0.4, -0.2) is 62.0 Å². The van der Waals surface area contributed by atoms with Crippen LogP contribution < -0.4 is 0 Å². The van der Waals surface area contributed by atoms with Gasteiger partial charge in [-0.15, -0.1) is 0 Å². The number of nitrogens with zero attached hydrogens (tertiary/aromatic N) is 2. The van der Waals surface area contributed by atoms with E-state index in [2.05, 4.69) is 34.3 Å². The van der Waals surface area contributed by atoms with Gasteiger partial charge < -0.3 is 9.47 Å². The second kappa shape index (κ2) is 14.3. The molecule has 0 spiro atoms. The summed E-state index contributed by atoms with van der Waals surface area (Å²) < 4.78 is 127. The number of ether oxygens (including phenoxy) is 2. The van der Waals surface area contributed by atoms with Crippen molar-refractivity contribution in [1.29, 1.82) is 0 Å². The average molecular weight is 670 g/mol. The molecule has 2 aromatic carbocycles. The van der Waals surface area contributed by atoms with Gasteiger partial charge in [-0.2, -0.15) is 43.2 Å². The van der Waals surface area contributed by atoms with Gasteiger partial charge in [0.05, 0.1) is 6.42 Å². The van der Waals surface area contributed by atoms with Crippen LogP contribution in [-0.2, 0) is 46.8 Å². The monoisotopic (exact) mass is 669 g/mol. The Balaban J connectivity index is 0.000000393. The molecule has 10 nitrogen and oxygen atoms in total. The number of hydrogen-bond donors (Lipinski definition) is 2. The van der Waals surface area contributed by atoms with E-state index < -0.39 is 31.3 Å². The van der Waals surface area contributed by atoms with Crippen molar-refractivity contribution in [2.24, 2.45) is 9.98 Å². The summed E-state index contributed by atoms with van der Waals surface area (Å²) in [4.78, 5) is 9.31. The summed E-state index contributed by atoms with van der Waals surface area (Å²) in [5, 5.41) is 0. The molecule has 227 valence electrons. The van der Waals surface area contributed by atoms with Gasteiger partial charge in [-0.3, -0.25) is 9.11 Å². The van der Waals surface area contributed by atoms with Crippen molar-refractivity contribution in [3.63, 3.8) is 0 Å². The molecule has 0 fully saturated rings. The van der Waals surface area contributed by atoms with E-state index >= 15 is 0 Å². The van der Waals surface area contributed by atoms with E-state index in [9.17, 15) is 26.3 Å². The van der Waals surface area contributed by atoms with Gasteiger partial charge >= 0.3 is 31.3 Å². The molecule has 2 aliphatic rings. The van der Waals surface area contributed by atoms with Gasteiger partial charge in [-0.1, -0.05) is 60.7 Å². The molecule has 0 saturated carbocycles. The van der Waals surface area contributed by atoms with Crippen molar-refractivity contribution in [2.75, 3.05) is 13.2 Å². The smallest absolute Gasteiger partial charge is 0.478 e. The molecular formula is C21H20CuF6N2O8S2. The van der Waals surface area contributed by atoms with Crippen LogP contribution in [0.2, 0.25) is 0 Å². The second-order valence-corrected chi connectivity index (χ2v) is 10.4. The topological polar surface area (TPSA) is 152 Å². The fraction of sp³-hybridized carbons (Fsp3) is 0.333. The average Bonchev–Trinajstić information content (AvgIpc) is 3.49. The fourth-order valence-corrected chi connectivity index (χ4v) is 2.86. The summed E-state index contributed by atoms with van der Waals surface area (Å²) >= 11 is 0. The van der Waals surface area contributed by atoms with Gasteiger partial charge in [0.15, 0.2) is 11.8 Å². The van der Waals surface area contributed by atoms with Crippen LogP contribution in [0.4, 0.5) is 26.3 Å². The normalized spacial score (nSPS) is 18.8. The maximum Gasteiger partial charge on any atom is 0.522 e. The number of halogens is 6. The third-order valence-corrected chi connectivity index (χ3v) is 5.84. The van der Waals surface area contributed by atoms with Gasteiger partial charge in [0, 0.05) is 17.1 Å².